The fraction of sp³-hybridized carbons (Fsp3) is 0.267. The van der Waals surface area contributed by atoms with E-state index in [4.69, 9.17) is 27.9 Å². The molecule has 0 fully saturated rings. The number of aliphatic hydroxyl groups is 2. The highest BCUT2D eigenvalue weighted by Crippen LogP contribution is 2.33. The van der Waals surface area contributed by atoms with Gasteiger partial charge in [-0.15, -0.1) is 0 Å². The van der Waals surface area contributed by atoms with Gasteiger partial charge in [-0.25, -0.2) is 0 Å². The molecule has 0 saturated heterocycles. The molecule has 43 heavy (non-hydrogen) atoms. The van der Waals surface area contributed by atoms with Crippen molar-refractivity contribution in [2.45, 2.75) is 37.4 Å². The normalized spacial score (nSPS) is 18.5. The zero-order valence-electron chi connectivity index (χ0n) is 22.3. The lowest BCUT2D eigenvalue weighted by Gasteiger charge is -2.40. The number of halogens is 6. The lowest BCUT2D eigenvalue weighted by Crippen LogP contribution is -2.54. The fourth-order valence-electron chi connectivity index (χ4n) is 4.61. The average molecular weight is 749 g/mol. The maximum absolute atomic E-state index is 14.0. The summed E-state index contributed by atoms with van der Waals surface area (Å²) in [6.07, 6.45) is -5.71. The van der Waals surface area contributed by atoms with Gasteiger partial charge >= 0.3 is 6.18 Å². The molecular formula is C30H26Cl2F3IN2O5. The van der Waals surface area contributed by atoms with Gasteiger partial charge in [0, 0.05) is 40.7 Å². The van der Waals surface area contributed by atoms with Crippen LogP contribution in [0.5, 0.6) is 5.75 Å². The van der Waals surface area contributed by atoms with Gasteiger partial charge in [-0.1, -0.05) is 41.4 Å². The van der Waals surface area contributed by atoms with E-state index in [-0.39, 0.29) is 42.3 Å². The summed E-state index contributed by atoms with van der Waals surface area (Å²) in [6, 6.07) is 14.3. The summed E-state index contributed by atoms with van der Waals surface area (Å²) in [7, 11) is 0. The molecule has 4 rings (SSSR count). The van der Waals surface area contributed by atoms with Gasteiger partial charge < -0.3 is 25.2 Å². The number of carbonyl (C=O) groups is 2. The zero-order valence-corrected chi connectivity index (χ0v) is 26.0. The Bertz CT molecular complexity index is 1500. The van der Waals surface area contributed by atoms with Crippen molar-refractivity contribution in [2.24, 2.45) is 0 Å². The van der Waals surface area contributed by atoms with Crippen LogP contribution < -0.4 is 10.1 Å². The van der Waals surface area contributed by atoms with Crippen LogP contribution in [0.4, 0.5) is 13.2 Å². The van der Waals surface area contributed by atoms with Gasteiger partial charge in [0.2, 0.25) is 5.91 Å². The van der Waals surface area contributed by atoms with E-state index in [1.54, 1.807) is 36.4 Å². The molecule has 0 aliphatic heterocycles. The Labute approximate surface area is 269 Å². The van der Waals surface area contributed by atoms with Gasteiger partial charge in [-0.3, -0.25) is 9.59 Å². The smallest absolute Gasteiger partial charge is 0.416 e. The Balaban J connectivity index is 1.77. The van der Waals surface area contributed by atoms with E-state index in [1.165, 1.54) is 17.0 Å². The highest BCUT2D eigenvalue weighted by molar-refractivity contribution is 14.1. The van der Waals surface area contributed by atoms with Crippen LogP contribution in [0.25, 0.3) is 0 Å². The van der Waals surface area contributed by atoms with E-state index < -0.39 is 41.8 Å². The van der Waals surface area contributed by atoms with Gasteiger partial charge in [-0.05, 0) is 82.8 Å². The summed E-state index contributed by atoms with van der Waals surface area (Å²) in [5.74, 6) is -0.803. The van der Waals surface area contributed by atoms with Crippen molar-refractivity contribution in [3.8, 4) is 5.75 Å². The number of aliphatic hydroxyl groups excluding tert-OH is 2. The van der Waals surface area contributed by atoms with Gasteiger partial charge in [0.25, 0.3) is 5.91 Å². The van der Waals surface area contributed by atoms with E-state index in [9.17, 15) is 33.0 Å². The fourth-order valence-corrected chi connectivity index (χ4v) is 5.59. The molecule has 3 aromatic carbocycles. The van der Waals surface area contributed by atoms with Gasteiger partial charge in [0.1, 0.15) is 18.0 Å². The predicted octanol–water partition coefficient (Wildman–Crippen LogP) is 5.87. The zero-order chi connectivity index (χ0) is 31.3. The number of alkyl halides is 3. The van der Waals surface area contributed by atoms with E-state index in [0.717, 1.165) is 27.8 Å². The van der Waals surface area contributed by atoms with Crippen LogP contribution in [-0.2, 0) is 17.5 Å². The average Bonchev–Trinajstić information content (AvgIpc) is 2.97. The Morgan fingerprint density at radius 3 is 2.40 bits per heavy atom. The molecule has 1 aliphatic carbocycles. The monoisotopic (exact) mass is 748 g/mol. The Kier molecular flexibility index (Phi) is 11.0. The van der Waals surface area contributed by atoms with Crippen molar-refractivity contribution in [3.63, 3.8) is 0 Å². The van der Waals surface area contributed by atoms with Crippen LogP contribution in [-0.4, -0.2) is 58.3 Å². The van der Waals surface area contributed by atoms with Crippen LogP contribution in [0.1, 0.15) is 27.9 Å². The molecular weight excluding hydrogens is 723 g/mol. The van der Waals surface area contributed by atoms with Gasteiger partial charge in [0.05, 0.1) is 21.8 Å². The molecule has 3 aromatic rings. The van der Waals surface area contributed by atoms with Crippen molar-refractivity contribution in [1.82, 2.24) is 10.2 Å². The molecule has 0 saturated carbocycles. The van der Waals surface area contributed by atoms with E-state index in [1.807, 2.05) is 0 Å². The number of carbonyl (C=O) groups excluding carboxylic acids is 2. The van der Waals surface area contributed by atoms with Crippen molar-refractivity contribution in [2.75, 3.05) is 13.2 Å². The first-order valence-corrected chi connectivity index (χ1v) is 14.8. The maximum Gasteiger partial charge on any atom is 0.416 e. The molecule has 0 heterocycles. The molecule has 2 amide bonds. The van der Waals surface area contributed by atoms with Crippen LogP contribution in [0.15, 0.2) is 78.4 Å². The maximum atomic E-state index is 14.0. The lowest BCUT2D eigenvalue weighted by molar-refractivity contribution is -0.137. The van der Waals surface area contributed by atoms with Gasteiger partial charge in [0.15, 0.2) is 0 Å². The minimum atomic E-state index is -4.60. The molecule has 0 spiro atoms. The molecule has 13 heteroatoms. The van der Waals surface area contributed by atoms with Crippen LogP contribution in [0.2, 0.25) is 10.0 Å². The first-order chi connectivity index (χ1) is 20.4. The quantitative estimate of drug-likeness (QED) is 0.238. The molecule has 0 unspecified atom stereocenters. The van der Waals surface area contributed by atoms with Crippen LogP contribution in [0.3, 0.4) is 0 Å². The Morgan fingerprint density at radius 2 is 1.77 bits per heavy atom. The molecule has 3 N–H and O–H groups in total. The number of rotatable bonds is 9. The topological polar surface area (TPSA) is 99.1 Å². The number of ether oxygens (including phenoxy) is 1. The highest BCUT2D eigenvalue weighted by atomic mass is 127. The standard InChI is InChI=1S/C30H26Cl2F3IN2O5/c31-21-10-7-18(22(32)15-21)16-38(29(42)17-5-8-20(9-6-17)30(33,34)35)24-13-19(28(41)37-11-12-39)14-26(27(24)40)43-25-4-2-1-3-23(25)36/h1-10,14-15,24,26-27,39-40H,11-13,16H2,(H,37,41)/t24-,26+,27+/m1/s1. The van der Waals surface area contributed by atoms with Crippen molar-refractivity contribution in [3.05, 3.63) is 109 Å². The SMILES string of the molecule is O=C(NCCO)C1=C[C@H](Oc2ccccc2I)[C@@H](O)[C@H](N(Cc2ccc(Cl)cc2Cl)C(=O)c2ccc(C(F)(F)F)cc2)C1. The summed E-state index contributed by atoms with van der Waals surface area (Å²) >= 11 is 14.5. The second-order valence-electron chi connectivity index (χ2n) is 9.69. The number of para-hydroxylation sites is 1. The summed E-state index contributed by atoms with van der Waals surface area (Å²) in [6.45, 7) is -0.500. The predicted molar refractivity (Wildman–Crippen MR) is 164 cm³/mol. The van der Waals surface area contributed by atoms with Crippen LogP contribution >= 0.6 is 45.8 Å². The van der Waals surface area contributed by atoms with Crippen molar-refractivity contribution < 1.29 is 37.7 Å². The second-order valence-corrected chi connectivity index (χ2v) is 11.7. The third kappa shape index (κ3) is 8.21. The Morgan fingerprint density at radius 1 is 1.07 bits per heavy atom. The number of amides is 2. The molecule has 7 nitrogen and oxygen atoms in total. The molecule has 0 radical (unpaired) electrons. The summed E-state index contributed by atoms with van der Waals surface area (Å²) < 4.78 is 46.5. The first-order valence-electron chi connectivity index (χ1n) is 13.0. The molecule has 228 valence electrons. The first kappa shape index (κ1) is 33.1. The van der Waals surface area contributed by atoms with Crippen molar-refractivity contribution >= 4 is 57.6 Å². The highest BCUT2D eigenvalue weighted by Gasteiger charge is 2.41. The number of nitrogens with one attached hydrogen (secondary N) is 1. The molecule has 1 aliphatic rings. The number of hydrogen-bond donors (Lipinski definition) is 3. The largest absolute Gasteiger partial charge is 0.482 e. The lowest BCUT2D eigenvalue weighted by atomic mass is 9.87. The molecule has 3 atom stereocenters. The van der Waals surface area contributed by atoms with E-state index in [2.05, 4.69) is 27.9 Å². The minimum Gasteiger partial charge on any atom is -0.482 e. The number of nitrogens with zero attached hydrogens (tertiary/aromatic N) is 1. The minimum absolute atomic E-state index is 0.0277. The van der Waals surface area contributed by atoms with Gasteiger partial charge in [-0.2, -0.15) is 13.2 Å². The molecule has 0 aromatic heterocycles. The number of benzene rings is 3. The summed E-state index contributed by atoms with van der Waals surface area (Å²) in [5, 5.41) is 24.0. The summed E-state index contributed by atoms with van der Waals surface area (Å²) in [4.78, 5) is 28.3. The Hall–Kier alpha value is -2.84. The third-order valence-electron chi connectivity index (χ3n) is 6.79. The van der Waals surface area contributed by atoms with E-state index in [0.29, 0.717) is 16.3 Å². The van der Waals surface area contributed by atoms with Crippen LogP contribution in [0, 0.1) is 3.57 Å². The summed E-state index contributed by atoms with van der Waals surface area (Å²) in [5.41, 5.74) is -0.353. The van der Waals surface area contributed by atoms with Crippen molar-refractivity contribution in [1.29, 1.82) is 0 Å². The number of hydrogen-bond acceptors (Lipinski definition) is 5. The third-order valence-corrected chi connectivity index (χ3v) is 8.27. The van der Waals surface area contributed by atoms with E-state index >= 15 is 0 Å². The molecule has 0 bridgehead atoms. The second kappa shape index (κ2) is 14.3.